The van der Waals surface area contributed by atoms with Crippen LogP contribution < -0.4 is 0 Å². The molecule has 0 radical (unpaired) electrons. The van der Waals surface area contributed by atoms with Crippen LogP contribution >= 0.6 is 0 Å². The van der Waals surface area contributed by atoms with Crippen LogP contribution in [0.5, 0.6) is 0 Å². The smallest absolute Gasteiger partial charge is 0.233 e. The summed E-state index contributed by atoms with van der Waals surface area (Å²) >= 11 is 0. The van der Waals surface area contributed by atoms with Gasteiger partial charge in [-0.05, 0) is 24.3 Å². The number of pyridine rings is 1. The molecule has 1 aromatic carbocycles. The molecule has 9 nitrogen and oxygen atoms in total. The van der Waals surface area contributed by atoms with Crippen LogP contribution in [-0.2, 0) is 13.1 Å². The van der Waals surface area contributed by atoms with Crippen molar-refractivity contribution in [2.24, 2.45) is 0 Å². The predicted octanol–water partition coefficient (Wildman–Crippen LogP) is 2.92. The van der Waals surface area contributed by atoms with Gasteiger partial charge < -0.3 is 4.57 Å². The Bertz CT molecular complexity index is 1480. The van der Waals surface area contributed by atoms with Crippen LogP contribution in [0.3, 0.4) is 0 Å². The highest BCUT2D eigenvalue weighted by Gasteiger charge is 2.15. The molecule has 3 aromatic heterocycles. The zero-order valence-corrected chi connectivity index (χ0v) is 16.7. The van der Waals surface area contributed by atoms with Crippen molar-refractivity contribution in [3.05, 3.63) is 90.8 Å². The molecule has 0 saturated carbocycles. The molecular weight excluding hydrogens is 409 g/mol. The summed E-state index contributed by atoms with van der Waals surface area (Å²) in [5, 5.41) is 8.47. The van der Waals surface area contributed by atoms with Crippen molar-refractivity contribution in [3.63, 3.8) is 0 Å². The summed E-state index contributed by atoms with van der Waals surface area (Å²) in [5.74, 6) is 0.690. The highest BCUT2D eigenvalue weighted by molar-refractivity contribution is 5.65. The lowest BCUT2D eigenvalue weighted by Gasteiger charge is -2.05. The van der Waals surface area contributed by atoms with Gasteiger partial charge in [-0.25, -0.2) is 29.0 Å². The molecule has 0 N–H and O–H groups in total. The Labute approximate surface area is 181 Å². The van der Waals surface area contributed by atoms with Crippen molar-refractivity contribution in [1.82, 2.24) is 43.9 Å². The lowest BCUT2D eigenvalue weighted by Crippen LogP contribution is -2.02. The first kappa shape index (κ1) is 18.3. The Kier molecular flexibility index (Phi) is 4.20. The van der Waals surface area contributed by atoms with E-state index < -0.39 is 0 Å². The molecule has 5 heterocycles. The first-order valence-corrected chi connectivity index (χ1v) is 9.97. The van der Waals surface area contributed by atoms with Gasteiger partial charge in [-0.2, -0.15) is 0 Å². The average molecular weight is 425 g/mol. The molecule has 10 heteroatoms. The van der Waals surface area contributed by atoms with Gasteiger partial charge >= 0.3 is 0 Å². The van der Waals surface area contributed by atoms with Gasteiger partial charge in [0.05, 0.1) is 36.2 Å². The highest BCUT2D eigenvalue weighted by atomic mass is 19.1. The van der Waals surface area contributed by atoms with Crippen molar-refractivity contribution in [2.75, 3.05) is 0 Å². The largest absolute Gasteiger partial charge is 0.346 e. The molecule has 2 aliphatic heterocycles. The van der Waals surface area contributed by atoms with E-state index in [1.807, 2.05) is 52.1 Å². The van der Waals surface area contributed by atoms with Crippen LogP contribution in [0.25, 0.3) is 28.6 Å². The molecule has 0 unspecified atom stereocenters. The van der Waals surface area contributed by atoms with Crippen LogP contribution in [0, 0.1) is 5.82 Å². The number of imidazole rings is 2. The third kappa shape index (κ3) is 3.37. The Morgan fingerprint density at radius 2 is 1.72 bits per heavy atom. The van der Waals surface area contributed by atoms with Crippen molar-refractivity contribution in [1.29, 1.82) is 0 Å². The van der Waals surface area contributed by atoms with Gasteiger partial charge in [-0.1, -0.05) is 17.3 Å². The first-order chi connectivity index (χ1) is 15.7. The maximum atomic E-state index is 14.1. The highest BCUT2D eigenvalue weighted by Crippen LogP contribution is 2.26. The second-order valence-corrected chi connectivity index (χ2v) is 7.38. The Morgan fingerprint density at radius 3 is 2.62 bits per heavy atom. The van der Waals surface area contributed by atoms with E-state index in [-0.39, 0.29) is 5.82 Å². The Balaban J connectivity index is 1.21. The zero-order chi connectivity index (χ0) is 21.5. The van der Waals surface area contributed by atoms with Gasteiger partial charge in [0.2, 0.25) is 5.78 Å². The third-order valence-corrected chi connectivity index (χ3v) is 5.08. The first-order valence-electron chi connectivity index (χ1n) is 9.97. The van der Waals surface area contributed by atoms with Crippen molar-refractivity contribution in [3.8, 4) is 22.8 Å². The molecule has 32 heavy (non-hydrogen) atoms. The number of halogens is 1. The van der Waals surface area contributed by atoms with E-state index in [2.05, 4.69) is 30.2 Å². The van der Waals surface area contributed by atoms with Crippen LogP contribution in [0.1, 0.15) is 11.4 Å². The molecule has 156 valence electrons. The number of aromatic nitrogens is 9. The van der Waals surface area contributed by atoms with E-state index in [9.17, 15) is 4.39 Å². The second-order valence-electron chi connectivity index (χ2n) is 7.38. The molecule has 4 aromatic rings. The molecule has 0 saturated heterocycles. The van der Waals surface area contributed by atoms with E-state index in [1.165, 1.54) is 6.07 Å². The van der Waals surface area contributed by atoms with Gasteiger partial charge in [-0.3, -0.25) is 4.40 Å². The minimum atomic E-state index is -0.339. The molecule has 0 amide bonds. The van der Waals surface area contributed by atoms with Crippen molar-refractivity contribution >= 4 is 5.78 Å². The summed E-state index contributed by atoms with van der Waals surface area (Å²) in [6.45, 7) is 1.02. The number of benzene rings is 1. The van der Waals surface area contributed by atoms with E-state index in [0.29, 0.717) is 41.6 Å². The maximum Gasteiger partial charge on any atom is 0.233 e. The Morgan fingerprint density at radius 1 is 0.812 bits per heavy atom. The van der Waals surface area contributed by atoms with Gasteiger partial charge in [-0.15, -0.1) is 5.10 Å². The number of nitrogens with zero attached hydrogens (tertiary/aromatic N) is 9. The van der Waals surface area contributed by atoms with E-state index in [1.54, 1.807) is 29.1 Å². The number of hydrogen-bond acceptors (Lipinski definition) is 6. The van der Waals surface area contributed by atoms with Gasteiger partial charge in [0.1, 0.15) is 17.2 Å². The van der Waals surface area contributed by atoms with Crippen LogP contribution in [0.2, 0.25) is 0 Å². The summed E-state index contributed by atoms with van der Waals surface area (Å²) in [4.78, 5) is 17.7. The number of rotatable bonds is 5. The second kappa shape index (κ2) is 7.34. The SMILES string of the molecule is Fc1ccccc1-c1nc2ccn(Cc3cn(Cc4cn5cccnc5n4)nn3)cc-2n1. The normalized spacial score (nSPS) is 11.5. The average Bonchev–Trinajstić information content (AvgIpc) is 3.52. The molecule has 0 fully saturated rings. The molecule has 0 atom stereocenters. The van der Waals surface area contributed by atoms with Crippen LogP contribution in [-0.4, -0.2) is 43.9 Å². The number of fused-ring (bicyclic) bond motifs is 2. The fraction of sp³-hybridized carbons (Fsp3) is 0.0909. The summed E-state index contributed by atoms with van der Waals surface area (Å²) in [6.07, 6.45) is 11.2. The lowest BCUT2D eigenvalue weighted by molar-refractivity contribution is 0.630. The minimum absolute atomic E-state index is 0.339. The molecule has 2 aliphatic rings. The monoisotopic (exact) mass is 425 g/mol. The van der Waals surface area contributed by atoms with Gasteiger partial charge in [0.25, 0.3) is 0 Å². The summed E-state index contributed by atoms with van der Waals surface area (Å²) in [7, 11) is 0. The lowest BCUT2D eigenvalue weighted by atomic mass is 10.2. The summed E-state index contributed by atoms with van der Waals surface area (Å²) in [6, 6.07) is 10.2. The Hall–Kier alpha value is -4.47. The van der Waals surface area contributed by atoms with Crippen LogP contribution in [0.4, 0.5) is 4.39 Å². The third-order valence-electron chi connectivity index (χ3n) is 5.08. The molecule has 0 spiro atoms. The summed E-state index contributed by atoms with van der Waals surface area (Å²) in [5.41, 5.74) is 3.44. The zero-order valence-electron chi connectivity index (χ0n) is 16.7. The maximum absolute atomic E-state index is 14.1. The molecule has 0 aliphatic carbocycles. The van der Waals surface area contributed by atoms with E-state index >= 15 is 0 Å². The van der Waals surface area contributed by atoms with Crippen LogP contribution in [0.15, 0.2) is 73.6 Å². The topological polar surface area (TPSA) is 91.6 Å². The van der Waals surface area contributed by atoms with Crippen molar-refractivity contribution < 1.29 is 4.39 Å². The fourth-order valence-corrected chi connectivity index (χ4v) is 3.61. The van der Waals surface area contributed by atoms with E-state index in [0.717, 1.165) is 11.4 Å². The van der Waals surface area contributed by atoms with E-state index in [4.69, 9.17) is 0 Å². The van der Waals surface area contributed by atoms with Gasteiger partial charge in [0, 0.05) is 31.0 Å². The quantitative estimate of drug-likeness (QED) is 0.422. The minimum Gasteiger partial charge on any atom is -0.346 e. The summed E-state index contributed by atoms with van der Waals surface area (Å²) < 4.78 is 19.6. The number of hydrogen-bond donors (Lipinski definition) is 0. The standard InChI is InChI=1S/C22H16FN9/c23-18-5-2-1-4-17(18)21-26-19-6-9-30(14-20(19)27-21)10-16-13-32(29-28-16)12-15-11-31-8-3-7-24-22(31)25-15/h1-9,11,13-14H,10,12H2. The molecule has 0 bridgehead atoms. The predicted molar refractivity (Wildman–Crippen MR) is 113 cm³/mol. The fourth-order valence-electron chi connectivity index (χ4n) is 3.61. The van der Waals surface area contributed by atoms with Crippen molar-refractivity contribution in [2.45, 2.75) is 13.1 Å². The molecule has 6 rings (SSSR count). The van der Waals surface area contributed by atoms with Gasteiger partial charge in [0.15, 0.2) is 5.82 Å². The molecular formula is C22H16FN9.